The SMILES string of the molecule is CCn1nc(C)c(CN2CCC(C(Cc3ccccc3)N(CCOC)Cc3ccccn3)CC2)c1C. The van der Waals surface area contributed by atoms with Crippen LogP contribution in [0, 0.1) is 19.8 Å². The number of pyridine rings is 1. The molecular formula is C30H43N5O. The summed E-state index contributed by atoms with van der Waals surface area (Å²) in [5.74, 6) is 0.641. The molecule has 3 heterocycles. The number of methoxy groups -OCH3 is 1. The Balaban J connectivity index is 1.49. The van der Waals surface area contributed by atoms with Crippen molar-refractivity contribution in [3.05, 3.63) is 82.9 Å². The molecule has 0 N–H and O–H groups in total. The molecular weight excluding hydrogens is 446 g/mol. The van der Waals surface area contributed by atoms with Gasteiger partial charge in [0, 0.05) is 56.8 Å². The first-order valence-corrected chi connectivity index (χ1v) is 13.5. The minimum Gasteiger partial charge on any atom is -0.383 e. The predicted molar refractivity (Wildman–Crippen MR) is 146 cm³/mol. The molecule has 1 fully saturated rings. The molecule has 4 rings (SSSR count). The van der Waals surface area contributed by atoms with Gasteiger partial charge in [0.15, 0.2) is 0 Å². The molecule has 0 amide bonds. The molecule has 36 heavy (non-hydrogen) atoms. The van der Waals surface area contributed by atoms with E-state index in [1.54, 1.807) is 7.11 Å². The Morgan fingerprint density at radius 1 is 1.06 bits per heavy atom. The minimum absolute atomic E-state index is 0.456. The van der Waals surface area contributed by atoms with Gasteiger partial charge in [0.2, 0.25) is 0 Å². The van der Waals surface area contributed by atoms with E-state index >= 15 is 0 Å². The van der Waals surface area contributed by atoms with E-state index in [2.05, 4.69) is 82.7 Å². The maximum Gasteiger partial charge on any atom is 0.0641 e. The number of aromatic nitrogens is 3. The van der Waals surface area contributed by atoms with Crippen LogP contribution in [0.15, 0.2) is 54.7 Å². The van der Waals surface area contributed by atoms with Gasteiger partial charge in [0.25, 0.3) is 0 Å². The van der Waals surface area contributed by atoms with Crippen molar-refractivity contribution < 1.29 is 4.74 Å². The predicted octanol–water partition coefficient (Wildman–Crippen LogP) is 4.89. The van der Waals surface area contributed by atoms with E-state index < -0.39 is 0 Å². The van der Waals surface area contributed by atoms with Gasteiger partial charge in [-0.2, -0.15) is 5.10 Å². The second kappa shape index (κ2) is 13.1. The van der Waals surface area contributed by atoms with Crippen LogP contribution < -0.4 is 0 Å². The first-order valence-electron chi connectivity index (χ1n) is 13.5. The lowest BCUT2D eigenvalue weighted by Crippen LogP contribution is -2.47. The number of piperidine rings is 1. The van der Waals surface area contributed by atoms with Crippen molar-refractivity contribution in [3.8, 4) is 0 Å². The summed E-state index contributed by atoms with van der Waals surface area (Å²) >= 11 is 0. The zero-order valence-corrected chi connectivity index (χ0v) is 22.6. The molecule has 1 saturated heterocycles. The van der Waals surface area contributed by atoms with Crippen molar-refractivity contribution in [1.29, 1.82) is 0 Å². The number of hydrogen-bond acceptors (Lipinski definition) is 5. The third-order valence-electron chi connectivity index (χ3n) is 7.82. The Morgan fingerprint density at radius 2 is 1.81 bits per heavy atom. The van der Waals surface area contributed by atoms with Crippen LogP contribution in [-0.4, -0.2) is 64.0 Å². The highest BCUT2D eigenvalue weighted by Gasteiger charge is 2.31. The highest BCUT2D eigenvalue weighted by Crippen LogP contribution is 2.29. The van der Waals surface area contributed by atoms with Crippen molar-refractivity contribution >= 4 is 0 Å². The molecule has 0 spiro atoms. The highest BCUT2D eigenvalue weighted by molar-refractivity contribution is 5.24. The summed E-state index contributed by atoms with van der Waals surface area (Å²) in [7, 11) is 1.80. The van der Waals surface area contributed by atoms with E-state index in [0.717, 1.165) is 58.0 Å². The third kappa shape index (κ3) is 6.81. The molecule has 6 nitrogen and oxygen atoms in total. The van der Waals surface area contributed by atoms with Crippen molar-refractivity contribution in [1.82, 2.24) is 24.6 Å². The topological polar surface area (TPSA) is 46.4 Å². The summed E-state index contributed by atoms with van der Waals surface area (Å²) in [5.41, 5.74) is 6.45. The van der Waals surface area contributed by atoms with Gasteiger partial charge >= 0.3 is 0 Å². The molecule has 1 aliphatic heterocycles. The van der Waals surface area contributed by atoms with Crippen LogP contribution in [0.4, 0.5) is 0 Å². The van der Waals surface area contributed by atoms with Gasteiger partial charge in [0.1, 0.15) is 0 Å². The molecule has 1 unspecified atom stereocenters. The summed E-state index contributed by atoms with van der Waals surface area (Å²) in [6, 6.07) is 17.7. The summed E-state index contributed by atoms with van der Waals surface area (Å²) in [6.45, 7) is 13.3. The quantitative estimate of drug-likeness (QED) is 0.363. The van der Waals surface area contributed by atoms with Crippen LogP contribution in [0.3, 0.4) is 0 Å². The number of benzene rings is 1. The van der Waals surface area contributed by atoms with Gasteiger partial charge in [-0.25, -0.2) is 0 Å². The smallest absolute Gasteiger partial charge is 0.0641 e. The average Bonchev–Trinajstić information content (AvgIpc) is 3.19. The fourth-order valence-electron chi connectivity index (χ4n) is 5.71. The molecule has 6 heteroatoms. The number of aryl methyl sites for hydroxylation is 2. The standard InChI is InChI=1S/C30H43N5O/c1-5-35-25(3)29(24(2)32-35)23-33-17-14-27(15-18-33)30(21-26-11-7-6-8-12-26)34(19-20-36-4)22-28-13-9-10-16-31-28/h6-13,16,27,30H,5,14-15,17-23H2,1-4H3. The van der Waals surface area contributed by atoms with Crippen molar-refractivity contribution in [2.75, 3.05) is 33.4 Å². The molecule has 1 aliphatic rings. The molecule has 2 aromatic heterocycles. The molecule has 1 aromatic carbocycles. The Hall–Kier alpha value is -2.54. The maximum atomic E-state index is 5.54. The van der Waals surface area contributed by atoms with Crippen LogP contribution in [0.25, 0.3) is 0 Å². The Kier molecular flexibility index (Phi) is 9.67. The number of hydrogen-bond donors (Lipinski definition) is 0. The maximum absolute atomic E-state index is 5.54. The lowest BCUT2D eigenvalue weighted by molar-refractivity contribution is 0.0563. The fourth-order valence-corrected chi connectivity index (χ4v) is 5.71. The van der Waals surface area contributed by atoms with Gasteiger partial charge in [-0.05, 0) is 76.7 Å². The van der Waals surface area contributed by atoms with Crippen LogP contribution >= 0.6 is 0 Å². The lowest BCUT2D eigenvalue weighted by Gasteiger charge is -2.41. The van der Waals surface area contributed by atoms with Crippen LogP contribution in [-0.2, 0) is 30.8 Å². The van der Waals surface area contributed by atoms with Crippen LogP contribution in [0.1, 0.15) is 48.0 Å². The normalized spacial score (nSPS) is 16.0. The van der Waals surface area contributed by atoms with Gasteiger partial charge in [-0.15, -0.1) is 0 Å². The average molecular weight is 490 g/mol. The van der Waals surface area contributed by atoms with Gasteiger partial charge < -0.3 is 4.74 Å². The zero-order valence-electron chi connectivity index (χ0n) is 22.6. The second-order valence-corrected chi connectivity index (χ2v) is 10.1. The monoisotopic (exact) mass is 489 g/mol. The highest BCUT2D eigenvalue weighted by atomic mass is 16.5. The van der Waals surface area contributed by atoms with Gasteiger partial charge in [0.05, 0.1) is 18.0 Å². The molecule has 3 aromatic rings. The fraction of sp³-hybridized carbons (Fsp3) is 0.533. The Labute approximate surface area is 217 Å². The molecule has 0 aliphatic carbocycles. The first-order chi connectivity index (χ1) is 17.6. The molecule has 0 saturated carbocycles. The second-order valence-electron chi connectivity index (χ2n) is 10.1. The third-order valence-corrected chi connectivity index (χ3v) is 7.82. The summed E-state index contributed by atoms with van der Waals surface area (Å²) < 4.78 is 7.67. The molecule has 0 radical (unpaired) electrons. The van der Waals surface area contributed by atoms with E-state index in [4.69, 9.17) is 9.84 Å². The van der Waals surface area contributed by atoms with Crippen molar-refractivity contribution in [2.45, 2.75) is 65.7 Å². The van der Waals surface area contributed by atoms with E-state index in [1.165, 1.54) is 35.4 Å². The van der Waals surface area contributed by atoms with Gasteiger partial charge in [-0.1, -0.05) is 36.4 Å². The number of rotatable bonds is 12. The van der Waals surface area contributed by atoms with E-state index in [0.29, 0.717) is 12.0 Å². The Morgan fingerprint density at radius 3 is 2.44 bits per heavy atom. The van der Waals surface area contributed by atoms with E-state index in [9.17, 15) is 0 Å². The minimum atomic E-state index is 0.456. The Bertz CT molecular complexity index is 1040. The van der Waals surface area contributed by atoms with E-state index in [-0.39, 0.29) is 0 Å². The van der Waals surface area contributed by atoms with Crippen molar-refractivity contribution in [3.63, 3.8) is 0 Å². The van der Waals surface area contributed by atoms with Crippen LogP contribution in [0.5, 0.6) is 0 Å². The van der Waals surface area contributed by atoms with Gasteiger partial charge in [-0.3, -0.25) is 19.5 Å². The molecule has 1 atom stereocenters. The van der Waals surface area contributed by atoms with Crippen molar-refractivity contribution in [2.24, 2.45) is 5.92 Å². The molecule has 194 valence electrons. The number of ether oxygens (including phenoxy) is 1. The summed E-state index contributed by atoms with van der Waals surface area (Å²) in [4.78, 5) is 9.90. The first kappa shape index (κ1) is 26.5. The lowest BCUT2D eigenvalue weighted by atomic mass is 9.84. The number of likely N-dealkylation sites (tertiary alicyclic amines) is 1. The number of nitrogens with zero attached hydrogens (tertiary/aromatic N) is 5. The largest absolute Gasteiger partial charge is 0.383 e. The summed E-state index contributed by atoms with van der Waals surface area (Å²) in [5, 5.41) is 4.74. The summed E-state index contributed by atoms with van der Waals surface area (Å²) in [6.07, 6.45) is 5.38. The zero-order chi connectivity index (χ0) is 25.3. The van der Waals surface area contributed by atoms with E-state index in [1.807, 2.05) is 12.3 Å². The molecule has 0 bridgehead atoms. The van der Waals surface area contributed by atoms with Crippen LogP contribution in [0.2, 0.25) is 0 Å².